The number of halogens is 4. The summed E-state index contributed by atoms with van der Waals surface area (Å²) in [5, 5.41) is 13.1. The van der Waals surface area contributed by atoms with Crippen LogP contribution in [0.15, 0.2) is 24.5 Å². The summed E-state index contributed by atoms with van der Waals surface area (Å²) in [5.41, 5.74) is -2.77. The molecule has 0 bridgehead atoms. The third kappa shape index (κ3) is 2.36. The number of aromatic nitrogens is 3. The minimum atomic E-state index is -4.97. The molecule has 2 aromatic heterocycles. The van der Waals surface area contributed by atoms with E-state index in [1.807, 2.05) is 0 Å². The van der Waals surface area contributed by atoms with Gasteiger partial charge in [0, 0.05) is 12.4 Å². The van der Waals surface area contributed by atoms with Gasteiger partial charge in [0.05, 0.1) is 10.6 Å². The Kier molecular flexibility index (Phi) is 3.14. The number of alkyl halides is 3. The quantitative estimate of drug-likeness (QED) is 0.630. The zero-order valence-corrected chi connectivity index (χ0v) is 9.68. The number of nitro groups is 1. The first-order chi connectivity index (χ1) is 8.82. The van der Waals surface area contributed by atoms with Crippen molar-refractivity contribution < 1.29 is 18.1 Å². The normalized spacial score (nSPS) is 11.6. The van der Waals surface area contributed by atoms with Crippen LogP contribution in [0.25, 0.3) is 5.69 Å². The Balaban J connectivity index is 2.70. The predicted molar refractivity (Wildman–Crippen MR) is 58.0 cm³/mol. The van der Waals surface area contributed by atoms with E-state index in [2.05, 4.69) is 10.1 Å². The fourth-order valence-corrected chi connectivity index (χ4v) is 1.69. The summed E-state index contributed by atoms with van der Waals surface area (Å²) in [6.07, 6.45) is -2.37. The van der Waals surface area contributed by atoms with Crippen LogP contribution in [0.4, 0.5) is 18.9 Å². The number of pyridine rings is 1. The summed E-state index contributed by atoms with van der Waals surface area (Å²) >= 11 is 5.60. The van der Waals surface area contributed by atoms with Gasteiger partial charge in [0.2, 0.25) is 10.8 Å². The topological polar surface area (TPSA) is 73.8 Å². The van der Waals surface area contributed by atoms with Crippen molar-refractivity contribution >= 4 is 17.3 Å². The molecule has 2 rings (SSSR count). The van der Waals surface area contributed by atoms with Crippen molar-refractivity contribution in [2.45, 2.75) is 6.18 Å². The minimum absolute atomic E-state index is 0.138. The maximum Gasteiger partial charge on any atom is 0.442 e. The molecule has 19 heavy (non-hydrogen) atoms. The number of nitrogens with zero attached hydrogens (tertiary/aromatic N) is 4. The molecule has 6 nitrogen and oxygen atoms in total. The van der Waals surface area contributed by atoms with Crippen molar-refractivity contribution in [1.29, 1.82) is 0 Å². The molecular weight excluding hydrogens is 289 g/mol. The van der Waals surface area contributed by atoms with Gasteiger partial charge in [-0.15, -0.1) is 0 Å². The lowest BCUT2D eigenvalue weighted by molar-refractivity contribution is -0.388. The van der Waals surface area contributed by atoms with Crippen molar-refractivity contribution in [3.63, 3.8) is 0 Å². The molecule has 0 N–H and O–H groups in total. The van der Waals surface area contributed by atoms with Gasteiger partial charge in [0.15, 0.2) is 0 Å². The first kappa shape index (κ1) is 13.3. The Labute approximate surface area is 108 Å². The van der Waals surface area contributed by atoms with E-state index in [0.29, 0.717) is 4.68 Å². The molecule has 100 valence electrons. The van der Waals surface area contributed by atoms with Crippen LogP contribution in [0.2, 0.25) is 5.15 Å². The van der Waals surface area contributed by atoms with Crippen LogP contribution in [0.5, 0.6) is 0 Å². The summed E-state index contributed by atoms with van der Waals surface area (Å²) in [7, 11) is 0. The van der Waals surface area contributed by atoms with Crippen molar-refractivity contribution in [2.75, 3.05) is 0 Å². The van der Waals surface area contributed by atoms with Crippen LogP contribution in [-0.4, -0.2) is 19.7 Å². The monoisotopic (exact) mass is 292 g/mol. The Morgan fingerprint density at radius 1 is 1.32 bits per heavy atom. The van der Waals surface area contributed by atoms with Gasteiger partial charge in [-0.1, -0.05) is 11.6 Å². The molecule has 0 saturated heterocycles. The lowest BCUT2D eigenvalue weighted by atomic mass is 10.3. The molecule has 0 aromatic carbocycles. The number of rotatable bonds is 2. The van der Waals surface area contributed by atoms with E-state index in [-0.39, 0.29) is 5.69 Å². The molecule has 10 heteroatoms. The van der Waals surface area contributed by atoms with Crippen molar-refractivity contribution in [2.24, 2.45) is 0 Å². The zero-order chi connectivity index (χ0) is 14.2. The molecule has 0 aliphatic heterocycles. The average Bonchev–Trinajstić information content (AvgIpc) is 2.68. The van der Waals surface area contributed by atoms with Crippen LogP contribution in [0.3, 0.4) is 0 Å². The van der Waals surface area contributed by atoms with E-state index < -0.39 is 27.6 Å². The highest BCUT2D eigenvalue weighted by Gasteiger charge is 2.45. The zero-order valence-electron chi connectivity index (χ0n) is 8.93. The van der Waals surface area contributed by atoms with E-state index in [9.17, 15) is 23.3 Å². The van der Waals surface area contributed by atoms with Gasteiger partial charge >= 0.3 is 11.9 Å². The van der Waals surface area contributed by atoms with Gasteiger partial charge < -0.3 is 0 Å². The van der Waals surface area contributed by atoms with Gasteiger partial charge in [-0.3, -0.25) is 15.1 Å². The SMILES string of the molecule is O=[N+]([O-])c1c(C(F)(F)F)nn(-c2ccncc2)c1Cl. The summed E-state index contributed by atoms with van der Waals surface area (Å²) in [5.74, 6) is 0. The largest absolute Gasteiger partial charge is 0.442 e. The van der Waals surface area contributed by atoms with E-state index >= 15 is 0 Å². The van der Waals surface area contributed by atoms with Crippen molar-refractivity contribution in [1.82, 2.24) is 14.8 Å². The highest BCUT2D eigenvalue weighted by molar-refractivity contribution is 6.32. The fraction of sp³-hybridized carbons (Fsp3) is 0.111. The van der Waals surface area contributed by atoms with Crippen LogP contribution in [0.1, 0.15) is 5.69 Å². The minimum Gasteiger partial charge on any atom is -0.265 e. The van der Waals surface area contributed by atoms with E-state index in [1.54, 1.807) is 0 Å². The van der Waals surface area contributed by atoms with Crippen LogP contribution in [-0.2, 0) is 6.18 Å². The predicted octanol–water partition coefficient (Wildman–Crippen LogP) is 2.85. The lowest BCUT2D eigenvalue weighted by Crippen LogP contribution is -2.09. The molecule has 0 atom stereocenters. The molecule has 0 aliphatic carbocycles. The highest BCUT2D eigenvalue weighted by atomic mass is 35.5. The molecule has 0 fully saturated rings. The van der Waals surface area contributed by atoms with Crippen LogP contribution < -0.4 is 0 Å². The van der Waals surface area contributed by atoms with Gasteiger partial charge in [-0.05, 0) is 12.1 Å². The van der Waals surface area contributed by atoms with Gasteiger partial charge in [-0.25, -0.2) is 4.68 Å². The fourth-order valence-electron chi connectivity index (χ4n) is 1.40. The second-order valence-electron chi connectivity index (χ2n) is 3.36. The van der Waals surface area contributed by atoms with Gasteiger partial charge in [0.25, 0.3) is 0 Å². The van der Waals surface area contributed by atoms with Crippen molar-refractivity contribution in [3.05, 3.63) is 45.5 Å². The maximum absolute atomic E-state index is 12.7. The highest BCUT2D eigenvalue weighted by Crippen LogP contribution is 2.40. The van der Waals surface area contributed by atoms with Gasteiger partial charge in [0.1, 0.15) is 0 Å². The summed E-state index contributed by atoms with van der Waals surface area (Å²) in [6.45, 7) is 0. The molecule has 2 aromatic rings. The van der Waals surface area contributed by atoms with E-state index in [0.717, 1.165) is 0 Å². The van der Waals surface area contributed by atoms with Crippen LogP contribution in [0, 0.1) is 10.1 Å². The van der Waals surface area contributed by atoms with Crippen molar-refractivity contribution in [3.8, 4) is 5.69 Å². The third-order valence-electron chi connectivity index (χ3n) is 2.16. The lowest BCUT2D eigenvalue weighted by Gasteiger charge is -2.01. The Morgan fingerprint density at radius 3 is 2.32 bits per heavy atom. The van der Waals surface area contributed by atoms with Gasteiger partial charge in [-0.2, -0.15) is 18.3 Å². The Bertz CT molecular complexity index is 626. The third-order valence-corrected chi connectivity index (χ3v) is 2.50. The van der Waals surface area contributed by atoms with E-state index in [1.165, 1.54) is 24.5 Å². The molecule has 0 amide bonds. The molecule has 0 radical (unpaired) electrons. The molecule has 2 heterocycles. The number of hydrogen-bond donors (Lipinski definition) is 0. The average molecular weight is 293 g/mol. The maximum atomic E-state index is 12.7. The Hall–Kier alpha value is -2.16. The smallest absolute Gasteiger partial charge is 0.265 e. The first-order valence-electron chi connectivity index (χ1n) is 4.73. The summed E-state index contributed by atoms with van der Waals surface area (Å²) < 4.78 is 38.6. The first-order valence-corrected chi connectivity index (χ1v) is 5.10. The molecule has 0 spiro atoms. The second kappa shape index (κ2) is 4.50. The Morgan fingerprint density at radius 2 is 1.89 bits per heavy atom. The molecule has 0 saturated carbocycles. The molecule has 0 aliphatic rings. The number of hydrogen-bond acceptors (Lipinski definition) is 4. The van der Waals surface area contributed by atoms with E-state index in [4.69, 9.17) is 11.6 Å². The molecular formula is C9H4ClF3N4O2. The summed E-state index contributed by atoms with van der Waals surface area (Å²) in [6, 6.07) is 2.64. The van der Waals surface area contributed by atoms with Crippen LogP contribution >= 0.6 is 11.6 Å². The second-order valence-corrected chi connectivity index (χ2v) is 3.72. The summed E-state index contributed by atoms with van der Waals surface area (Å²) in [4.78, 5) is 13.2. The molecule has 0 unspecified atom stereocenters. The standard InChI is InChI=1S/C9H4ClF3N4O2/c10-8-6(17(18)19)7(9(11,12)13)15-16(8)5-1-3-14-4-2-5/h1-4H.